The molecule has 0 radical (unpaired) electrons. The molecule has 8 heteroatoms. The molecule has 0 atom stereocenters. The molecule has 162 valence electrons. The van der Waals surface area contributed by atoms with Gasteiger partial charge in [-0.15, -0.1) is 6.58 Å². The fraction of sp³-hybridized carbons (Fsp3) is 0.217. The molecule has 1 N–H and O–H groups in total. The van der Waals surface area contributed by atoms with E-state index >= 15 is 0 Å². The maximum absolute atomic E-state index is 13.0. The van der Waals surface area contributed by atoms with E-state index in [9.17, 15) is 13.2 Å². The summed E-state index contributed by atoms with van der Waals surface area (Å²) in [5, 5.41) is 4.62. The van der Waals surface area contributed by atoms with Gasteiger partial charge in [0.25, 0.3) is 5.91 Å². The van der Waals surface area contributed by atoms with Crippen LogP contribution in [0.4, 0.5) is 0 Å². The minimum absolute atomic E-state index is 0.0397. The van der Waals surface area contributed by atoms with Crippen molar-refractivity contribution in [2.75, 3.05) is 13.6 Å². The van der Waals surface area contributed by atoms with Gasteiger partial charge in [0.2, 0.25) is 10.0 Å². The van der Waals surface area contributed by atoms with Crippen molar-refractivity contribution in [1.82, 2.24) is 19.4 Å². The summed E-state index contributed by atoms with van der Waals surface area (Å²) in [6.07, 6.45) is 1.46. The van der Waals surface area contributed by atoms with Gasteiger partial charge in [-0.2, -0.15) is 5.10 Å². The Hall–Kier alpha value is -3.23. The highest BCUT2D eigenvalue weighted by Crippen LogP contribution is 2.20. The number of rotatable bonds is 8. The molecule has 0 fully saturated rings. The Morgan fingerprint density at radius 3 is 2.55 bits per heavy atom. The van der Waals surface area contributed by atoms with E-state index in [1.165, 1.54) is 18.2 Å². The molecule has 0 aliphatic rings. The number of carbonyl (C=O) groups excluding carboxylic acids is 1. The standard InChI is InChI=1S/C23H26N4O3S/c1-5-14-24-31(29,30)21-13-9-10-19(15-21)23(28)26(4)16-22-17(2)25-27(18(22)3)20-11-7-6-8-12-20/h5-13,15,24H,1,14,16H2,2-4H3. The van der Waals surface area contributed by atoms with E-state index in [2.05, 4.69) is 16.4 Å². The summed E-state index contributed by atoms with van der Waals surface area (Å²) in [7, 11) is -2.02. The minimum atomic E-state index is -3.71. The first-order chi connectivity index (χ1) is 14.7. The van der Waals surface area contributed by atoms with Gasteiger partial charge in [-0.05, 0) is 44.2 Å². The molecule has 3 rings (SSSR count). The predicted octanol–water partition coefficient (Wildman–Crippen LogP) is 3.23. The summed E-state index contributed by atoms with van der Waals surface area (Å²) in [5.41, 5.74) is 4.00. The van der Waals surface area contributed by atoms with Crippen molar-refractivity contribution < 1.29 is 13.2 Å². The fourth-order valence-corrected chi connectivity index (χ4v) is 4.35. The molecule has 7 nitrogen and oxygen atoms in total. The van der Waals surface area contributed by atoms with Crippen molar-refractivity contribution in [3.05, 3.63) is 89.8 Å². The van der Waals surface area contributed by atoms with Crippen LogP contribution in [0.15, 0.2) is 72.1 Å². The summed E-state index contributed by atoms with van der Waals surface area (Å²) in [6, 6.07) is 15.8. The average Bonchev–Trinajstić information content (AvgIpc) is 3.06. The predicted molar refractivity (Wildman–Crippen MR) is 121 cm³/mol. The number of hydrogen-bond acceptors (Lipinski definition) is 4. The lowest BCUT2D eigenvalue weighted by Crippen LogP contribution is -2.28. The quantitative estimate of drug-likeness (QED) is 0.547. The van der Waals surface area contributed by atoms with Gasteiger partial charge in [-0.3, -0.25) is 4.79 Å². The van der Waals surface area contributed by atoms with Crippen molar-refractivity contribution in [2.24, 2.45) is 0 Å². The van der Waals surface area contributed by atoms with Crippen molar-refractivity contribution in [3.8, 4) is 5.69 Å². The summed E-state index contributed by atoms with van der Waals surface area (Å²) in [6.45, 7) is 7.87. The molecule has 0 saturated heterocycles. The number of carbonyl (C=O) groups is 1. The number of nitrogens with zero attached hydrogens (tertiary/aromatic N) is 3. The molecule has 0 spiro atoms. The third kappa shape index (κ3) is 4.92. The van der Waals surface area contributed by atoms with E-state index in [0.717, 1.165) is 22.6 Å². The zero-order valence-electron chi connectivity index (χ0n) is 17.9. The summed E-state index contributed by atoms with van der Waals surface area (Å²) >= 11 is 0. The van der Waals surface area contributed by atoms with Crippen LogP contribution in [-0.4, -0.2) is 42.6 Å². The molecule has 31 heavy (non-hydrogen) atoms. The molecule has 2 aromatic carbocycles. The molecular formula is C23H26N4O3S. The smallest absolute Gasteiger partial charge is 0.253 e. The van der Waals surface area contributed by atoms with Crippen LogP contribution in [0.25, 0.3) is 5.69 Å². The van der Waals surface area contributed by atoms with Gasteiger partial charge in [-0.1, -0.05) is 30.3 Å². The topological polar surface area (TPSA) is 84.3 Å². The molecule has 0 saturated carbocycles. The van der Waals surface area contributed by atoms with E-state index in [4.69, 9.17) is 0 Å². The second-order valence-electron chi connectivity index (χ2n) is 7.23. The van der Waals surface area contributed by atoms with E-state index < -0.39 is 10.0 Å². The lowest BCUT2D eigenvalue weighted by molar-refractivity contribution is 0.0784. The van der Waals surface area contributed by atoms with Gasteiger partial charge in [0.05, 0.1) is 16.3 Å². The lowest BCUT2D eigenvalue weighted by Gasteiger charge is -2.18. The zero-order valence-corrected chi connectivity index (χ0v) is 18.7. The molecule has 3 aromatic rings. The Bertz CT molecular complexity index is 1200. The van der Waals surface area contributed by atoms with Gasteiger partial charge in [0.1, 0.15) is 0 Å². The summed E-state index contributed by atoms with van der Waals surface area (Å²) < 4.78 is 29.0. The number of para-hydroxylation sites is 1. The van der Waals surface area contributed by atoms with E-state index in [1.807, 2.05) is 48.9 Å². The van der Waals surface area contributed by atoms with Crippen LogP contribution in [0, 0.1) is 13.8 Å². The van der Waals surface area contributed by atoms with Crippen molar-refractivity contribution in [2.45, 2.75) is 25.3 Å². The van der Waals surface area contributed by atoms with E-state index in [1.54, 1.807) is 24.1 Å². The monoisotopic (exact) mass is 438 g/mol. The SMILES string of the molecule is C=CCNS(=O)(=O)c1cccc(C(=O)N(C)Cc2c(C)nn(-c3ccccc3)c2C)c1. The van der Waals surface area contributed by atoms with E-state index in [0.29, 0.717) is 12.1 Å². The lowest BCUT2D eigenvalue weighted by atomic mass is 10.1. The number of sulfonamides is 1. The number of benzene rings is 2. The summed E-state index contributed by atoms with van der Waals surface area (Å²) in [4.78, 5) is 14.6. The number of aryl methyl sites for hydroxylation is 1. The van der Waals surface area contributed by atoms with Crippen LogP contribution in [0.1, 0.15) is 27.3 Å². The molecule has 1 heterocycles. The Kier molecular flexibility index (Phi) is 6.72. The highest BCUT2D eigenvalue weighted by atomic mass is 32.2. The zero-order chi connectivity index (χ0) is 22.6. The number of amides is 1. The molecule has 1 amide bonds. The third-order valence-corrected chi connectivity index (χ3v) is 6.41. The van der Waals surface area contributed by atoms with Gasteiger partial charge >= 0.3 is 0 Å². The third-order valence-electron chi connectivity index (χ3n) is 4.99. The van der Waals surface area contributed by atoms with Crippen molar-refractivity contribution >= 4 is 15.9 Å². The molecule has 0 aliphatic heterocycles. The van der Waals surface area contributed by atoms with Gasteiger partial charge in [0, 0.05) is 37.0 Å². The van der Waals surface area contributed by atoms with Gasteiger partial charge < -0.3 is 4.90 Å². The minimum Gasteiger partial charge on any atom is -0.337 e. The molecule has 1 aromatic heterocycles. The van der Waals surface area contributed by atoms with Crippen LogP contribution in [-0.2, 0) is 16.6 Å². The molecular weight excluding hydrogens is 412 g/mol. The highest BCUT2D eigenvalue weighted by Gasteiger charge is 2.20. The van der Waals surface area contributed by atoms with Crippen molar-refractivity contribution in [1.29, 1.82) is 0 Å². The first-order valence-corrected chi connectivity index (χ1v) is 11.3. The largest absolute Gasteiger partial charge is 0.337 e. The van der Waals surface area contributed by atoms with Crippen molar-refractivity contribution in [3.63, 3.8) is 0 Å². The Balaban J connectivity index is 1.83. The second-order valence-corrected chi connectivity index (χ2v) is 8.99. The Labute approximate surface area is 183 Å². The number of hydrogen-bond donors (Lipinski definition) is 1. The normalized spacial score (nSPS) is 11.3. The average molecular weight is 439 g/mol. The van der Waals surface area contributed by atoms with Crippen LogP contribution in [0.5, 0.6) is 0 Å². The maximum Gasteiger partial charge on any atom is 0.253 e. The number of aromatic nitrogens is 2. The first kappa shape index (κ1) is 22.5. The molecule has 0 bridgehead atoms. The second kappa shape index (κ2) is 9.28. The fourth-order valence-electron chi connectivity index (χ4n) is 3.30. The van der Waals surface area contributed by atoms with Gasteiger partial charge in [0.15, 0.2) is 0 Å². The Morgan fingerprint density at radius 2 is 1.87 bits per heavy atom. The van der Waals surface area contributed by atoms with E-state index in [-0.39, 0.29) is 17.3 Å². The van der Waals surface area contributed by atoms with Gasteiger partial charge in [-0.25, -0.2) is 17.8 Å². The first-order valence-electron chi connectivity index (χ1n) is 9.81. The molecule has 0 unspecified atom stereocenters. The Morgan fingerprint density at radius 1 is 1.16 bits per heavy atom. The van der Waals surface area contributed by atoms with Crippen LogP contribution in [0.2, 0.25) is 0 Å². The summed E-state index contributed by atoms with van der Waals surface area (Å²) in [5.74, 6) is -0.271. The molecule has 0 aliphatic carbocycles. The van der Waals surface area contributed by atoms with Crippen LogP contribution in [0.3, 0.4) is 0 Å². The van der Waals surface area contributed by atoms with Crippen LogP contribution < -0.4 is 4.72 Å². The number of nitrogens with one attached hydrogen (secondary N) is 1. The van der Waals surface area contributed by atoms with Crippen LogP contribution >= 0.6 is 0 Å². The highest BCUT2D eigenvalue weighted by molar-refractivity contribution is 7.89. The maximum atomic E-state index is 13.0.